The third-order valence-corrected chi connectivity index (χ3v) is 0.959. The standard InChI is InChI=1S/C7H11N/c1-4-5-6(2)7(3)8/h4-5,8H,1H2,2-3H3/b6-5-,8-7?. The van der Waals surface area contributed by atoms with E-state index in [1.54, 1.807) is 13.0 Å². The first-order chi connectivity index (χ1) is 3.68. The highest BCUT2D eigenvalue weighted by molar-refractivity contribution is 5.95. The molecule has 8 heavy (non-hydrogen) atoms. The third kappa shape index (κ3) is 2.35. The van der Waals surface area contributed by atoms with E-state index in [4.69, 9.17) is 5.41 Å². The van der Waals surface area contributed by atoms with E-state index in [0.717, 1.165) is 5.57 Å². The molecule has 0 aliphatic carbocycles. The van der Waals surface area contributed by atoms with E-state index in [0.29, 0.717) is 5.71 Å². The van der Waals surface area contributed by atoms with Crippen molar-refractivity contribution in [2.24, 2.45) is 0 Å². The molecule has 1 N–H and O–H groups in total. The molecule has 0 aliphatic rings. The molecule has 1 nitrogen and oxygen atoms in total. The number of nitrogens with one attached hydrogen (secondary N) is 1. The molecule has 0 atom stereocenters. The summed E-state index contributed by atoms with van der Waals surface area (Å²) in [6.07, 6.45) is 3.51. The van der Waals surface area contributed by atoms with Crippen molar-refractivity contribution >= 4 is 5.71 Å². The summed E-state index contributed by atoms with van der Waals surface area (Å²) >= 11 is 0. The van der Waals surface area contributed by atoms with E-state index in [9.17, 15) is 0 Å². The van der Waals surface area contributed by atoms with Gasteiger partial charge in [-0.05, 0) is 19.4 Å². The van der Waals surface area contributed by atoms with Crippen molar-refractivity contribution in [3.05, 3.63) is 24.3 Å². The number of rotatable bonds is 2. The predicted molar refractivity (Wildman–Crippen MR) is 37.4 cm³/mol. The summed E-state index contributed by atoms with van der Waals surface area (Å²) in [7, 11) is 0. The minimum atomic E-state index is 0.602. The Kier molecular flexibility index (Phi) is 2.85. The lowest BCUT2D eigenvalue weighted by Gasteiger charge is -1.90. The van der Waals surface area contributed by atoms with Crippen LogP contribution in [0.15, 0.2) is 24.3 Å². The highest BCUT2D eigenvalue weighted by Gasteiger charge is 1.85. The monoisotopic (exact) mass is 109 g/mol. The van der Waals surface area contributed by atoms with Crippen LogP contribution in [0.2, 0.25) is 0 Å². The number of hydrogen-bond donors (Lipinski definition) is 1. The van der Waals surface area contributed by atoms with Gasteiger partial charge in [-0.15, -0.1) is 0 Å². The smallest absolute Gasteiger partial charge is 0.0312 e. The van der Waals surface area contributed by atoms with Gasteiger partial charge in [0.15, 0.2) is 0 Å². The minimum Gasteiger partial charge on any atom is -0.305 e. The molecule has 0 aliphatic heterocycles. The fraction of sp³-hybridized carbons (Fsp3) is 0.286. The summed E-state index contributed by atoms with van der Waals surface area (Å²) in [5.74, 6) is 0. The van der Waals surface area contributed by atoms with Gasteiger partial charge in [0.2, 0.25) is 0 Å². The zero-order valence-electron chi connectivity index (χ0n) is 5.36. The van der Waals surface area contributed by atoms with Crippen LogP contribution < -0.4 is 0 Å². The van der Waals surface area contributed by atoms with Crippen LogP contribution in [0.4, 0.5) is 0 Å². The Labute approximate surface area is 50.2 Å². The van der Waals surface area contributed by atoms with Crippen LogP contribution in [0.1, 0.15) is 13.8 Å². The van der Waals surface area contributed by atoms with E-state index in [1.807, 2.05) is 13.0 Å². The highest BCUT2D eigenvalue weighted by Crippen LogP contribution is 1.92. The third-order valence-electron chi connectivity index (χ3n) is 0.959. The zero-order valence-corrected chi connectivity index (χ0v) is 5.36. The predicted octanol–water partition coefficient (Wildman–Crippen LogP) is 2.16. The fourth-order valence-electron chi connectivity index (χ4n) is 0.302. The Balaban J connectivity index is 3.99. The van der Waals surface area contributed by atoms with Crippen LogP contribution in [0.25, 0.3) is 0 Å². The molecule has 0 unspecified atom stereocenters. The molecule has 0 rings (SSSR count). The molecule has 0 amide bonds. The summed E-state index contributed by atoms with van der Waals surface area (Å²) in [5, 5.41) is 7.09. The Morgan fingerprint density at radius 3 is 2.12 bits per heavy atom. The van der Waals surface area contributed by atoms with Crippen molar-refractivity contribution in [2.45, 2.75) is 13.8 Å². The molecule has 0 saturated heterocycles. The van der Waals surface area contributed by atoms with E-state index in [1.165, 1.54) is 0 Å². The number of allylic oxidation sites excluding steroid dienone is 3. The van der Waals surface area contributed by atoms with Crippen LogP contribution in [0.3, 0.4) is 0 Å². The van der Waals surface area contributed by atoms with Crippen molar-refractivity contribution in [2.75, 3.05) is 0 Å². The second kappa shape index (κ2) is 3.19. The van der Waals surface area contributed by atoms with Crippen molar-refractivity contribution in [3.63, 3.8) is 0 Å². The van der Waals surface area contributed by atoms with Gasteiger partial charge in [-0.2, -0.15) is 0 Å². The summed E-state index contributed by atoms with van der Waals surface area (Å²) in [4.78, 5) is 0. The van der Waals surface area contributed by atoms with Crippen LogP contribution in [-0.2, 0) is 0 Å². The first kappa shape index (κ1) is 7.15. The molecule has 0 aromatic rings. The van der Waals surface area contributed by atoms with Crippen molar-refractivity contribution in [3.8, 4) is 0 Å². The van der Waals surface area contributed by atoms with Gasteiger partial charge in [0.25, 0.3) is 0 Å². The van der Waals surface area contributed by atoms with Gasteiger partial charge in [-0.1, -0.05) is 18.7 Å². The quantitative estimate of drug-likeness (QED) is 0.415. The molecule has 0 spiro atoms. The maximum atomic E-state index is 7.09. The van der Waals surface area contributed by atoms with Gasteiger partial charge in [0.05, 0.1) is 0 Å². The molecular weight excluding hydrogens is 98.1 g/mol. The molecule has 0 radical (unpaired) electrons. The van der Waals surface area contributed by atoms with Crippen LogP contribution in [0, 0.1) is 5.41 Å². The first-order valence-electron chi connectivity index (χ1n) is 2.53. The molecule has 0 saturated carbocycles. The van der Waals surface area contributed by atoms with Gasteiger partial charge >= 0.3 is 0 Å². The average Bonchev–Trinajstić information content (AvgIpc) is 1.67. The van der Waals surface area contributed by atoms with E-state index in [2.05, 4.69) is 6.58 Å². The van der Waals surface area contributed by atoms with Gasteiger partial charge in [-0.3, -0.25) is 0 Å². The van der Waals surface area contributed by atoms with Crippen molar-refractivity contribution in [1.82, 2.24) is 0 Å². The van der Waals surface area contributed by atoms with Crippen molar-refractivity contribution < 1.29 is 0 Å². The molecular formula is C7H11N. The lowest BCUT2D eigenvalue weighted by molar-refractivity contribution is 1.42. The molecule has 0 aromatic carbocycles. The lowest BCUT2D eigenvalue weighted by Crippen LogP contribution is -1.87. The number of hydrogen-bond acceptors (Lipinski definition) is 1. The molecule has 0 fully saturated rings. The molecule has 44 valence electrons. The molecule has 0 heterocycles. The maximum Gasteiger partial charge on any atom is 0.0312 e. The van der Waals surface area contributed by atoms with Crippen LogP contribution >= 0.6 is 0 Å². The van der Waals surface area contributed by atoms with E-state index >= 15 is 0 Å². The molecule has 1 heteroatoms. The summed E-state index contributed by atoms with van der Waals surface area (Å²) in [6.45, 7) is 7.16. The van der Waals surface area contributed by atoms with E-state index in [-0.39, 0.29) is 0 Å². The maximum absolute atomic E-state index is 7.09. The summed E-state index contributed by atoms with van der Waals surface area (Å²) < 4.78 is 0. The van der Waals surface area contributed by atoms with Gasteiger partial charge in [-0.25, -0.2) is 0 Å². The van der Waals surface area contributed by atoms with Crippen molar-refractivity contribution in [1.29, 1.82) is 5.41 Å². The van der Waals surface area contributed by atoms with E-state index < -0.39 is 0 Å². The topological polar surface area (TPSA) is 23.9 Å². The Bertz CT molecular complexity index is 131. The first-order valence-corrected chi connectivity index (χ1v) is 2.53. The largest absolute Gasteiger partial charge is 0.305 e. The Morgan fingerprint density at radius 2 is 2.00 bits per heavy atom. The second-order valence-electron chi connectivity index (χ2n) is 1.71. The van der Waals surface area contributed by atoms with Crippen LogP contribution in [0.5, 0.6) is 0 Å². The Morgan fingerprint density at radius 1 is 1.50 bits per heavy atom. The van der Waals surface area contributed by atoms with Gasteiger partial charge in [0, 0.05) is 5.71 Å². The Hall–Kier alpha value is -0.850. The highest BCUT2D eigenvalue weighted by atomic mass is 14.4. The minimum absolute atomic E-state index is 0.602. The zero-order chi connectivity index (χ0) is 6.57. The SMILES string of the molecule is C=C/C=C(/C)C(C)=N. The molecule has 0 bridgehead atoms. The van der Waals surface area contributed by atoms with Gasteiger partial charge in [0.1, 0.15) is 0 Å². The molecule has 0 aromatic heterocycles. The van der Waals surface area contributed by atoms with Crippen LogP contribution in [-0.4, -0.2) is 5.71 Å². The van der Waals surface area contributed by atoms with Gasteiger partial charge < -0.3 is 5.41 Å². The summed E-state index contributed by atoms with van der Waals surface area (Å²) in [6, 6.07) is 0. The normalized spacial score (nSPS) is 11.0. The summed E-state index contributed by atoms with van der Waals surface area (Å²) in [5.41, 5.74) is 1.57. The fourth-order valence-corrected chi connectivity index (χ4v) is 0.302. The second-order valence-corrected chi connectivity index (χ2v) is 1.71. The lowest BCUT2D eigenvalue weighted by atomic mass is 10.2. The average molecular weight is 109 g/mol.